The van der Waals surface area contributed by atoms with E-state index in [0.29, 0.717) is 53.5 Å². The van der Waals surface area contributed by atoms with E-state index >= 15 is 0 Å². The Kier molecular flexibility index (Phi) is 8.76. The molecule has 3 rings (SSSR count). The summed E-state index contributed by atoms with van der Waals surface area (Å²) in [7, 11) is 3.15. The molecule has 8 nitrogen and oxygen atoms in total. The van der Waals surface area contributed by atoms with E-state index in [2.05, 4.69) is 0 Å². The van der Waals surface area contributed by atoms with E-state index in [0.717, 1.165) is 10.8 Å². The van der Waals surface area contributed by atoms with E-state index in [1.54, 1.807) is 45.8 Å². The van der Waals surface area contributed by atoms with Crippen molar-refractivity contribution >= 4 is 16.7 Å². The summed E-state index contributed by atoms with van der Waals surface area (Å²) in [6.45, 7) is 8.21. The Morgan fingerprint density at radius 2 is 1.83 bits per heavy atom. The molecule has 0 saturated heterocycles. The summed E-state index contributed by atoms with van der Waals surface area (Å²) in [5, 5.41) is 12.0. The number of aliphatic hydroxyl groups is 1. The Balaban J connectivity index is 2.26. The molecule has 0 fully saturated rings. The van der Waals surface area contributed by atoms with Crippen LogP contribution in [0.1, 0.15) is 38.8 Å². The molecule has 1 N–H and O–H groups in total. The molecule has 0 atom stereocenters. The van der Waals surface area contributed by atoms with E-state index < -0.39 is 5.41 Å². The van der Waals surface area contributed by atoms with Crippen molar-refractivity contribution in [3.63, 3.8) is 0 Å². The molecule has 0 spiro atoms. The molecule has 0 bridgehead atoms. The predicted octanol–water partition coefficient (Wildman–Crippen LogP) is 4.30. The number of aromatic nitrogens is 1. The first-order valence-electron chi connectivity index (χ1n) is 11.9. The number of carbonyl (C=O) groups excluding carboxylic acids is 1. The Bertz CT molecular complexity index is 1290. The van der Waals surface area contributed by atoms with Crippen LogP contribution < -0.4 is 15.0 Å². The minimum Gasteiger partial charge on any atom is -0.493 e. The van der Waals surface area contributed by atoms with Crippen molar-refractivity contribution in [1.29, 1.82) is 0 Å². The summed E-state index contributed by atoms with van der Waals surface area (Å²) in [6, 6.07) is 8.95. The van der Waals surface area contributed by atoms with Crippen LogP contribution in [-0.2, 0) is 34.0 Å². The number of carbonyl (C=O) groups is 1. The number of hydrogen-bond donors (Lipinski definition) is 1. The molecule has 2 aromatic carbocycles. The standard InChI is InChI=1S/C28H35NO7/c1-7-35-24-13-19-12-20(17-36-27(32)28(2,3)4)22(16-30)26(21(19)15-23(24)34-6)18-8-9-29(10-11-33-5)25(31)14-18/h8-9,12-15,30H,7,10-11,16-17H2,1-6H3. The van der Waals surface area contributed by atoms with Crippen LogP contribution in [0, 0.1) is 5.41 Å². The first-order valence-corrected chi connectivity index (χ1v) is 11.9. The molecule has 1 heterocycles. The number of esters is 1. The number of fused-ring (bicyclic) bond motifs is 1. The van der Waals surface area contributed by atoms with Gasteiger partial charge in [0.25, 0.3) is 5.56 Å². The van der Waals surface area contributed by atoms with Crippen LogP contribution in [0.2, 0.25) is 0 Å². The van der Waals surface area contributed by atoms with Gasteiger partial charge in [0.1, 0.15) is 6.61 Å². The summed E-state index contributed by atoms with van der Waals surface area (Å²) >= 11 is 0. The minimum absolute atomic E-state index is 0.0180. The highest BCUT2D eigenvalue weighted by Gasteiger charge is 2.24. The van der Waals surface area contributed by atoms with Crippen LogP contribution in [0.5, 0.6) is 11.5 Å². The van der Waals surface area contributed by atoms with Crippen LogP contribution >= 0.6 is 0 Å². The second-order valence-corrected chi connectivity index (χ2v) is 9.47. The topological polar surface area (TPSA) is 96.2 Å². The normalized spacial score (nSPS) is 11.5. The lowest BCUT2D eigenvalue weighted by Gasteiger charge is -2.21. The van der Waals surface area contributed by atoms with Gasteiger partial charge in [-0.2, -0.15) is 0 Å². The lowest BCUT2D eigenvalue weighted by molar-refractivity contribution is -0.154. The van der Waals surface area contributed by atoms with E-state index in [-0.39, 0.29) is 24.7 Å². The number of pyridine rings is 1. The van der Waals surface area contributed by atoms with Gasteiger partial charge < -0.3 is 28.6 Å². The van der Waals surface area contributed by atoms with Crippen molar-refractivity contribution in [3.8, 4) is 22.6 Å². The van der Waals surface area contributed by atoms with Gasteiger partial charge in [-0.1, -0.05) is 0 Å². The van der Waals surface area contributed by atoms with Gasteiger partial charge in [0, 0.05) is 25.9 Å². The number of hydrogen-bond acceptors (Lipinski definition) is 7. The Hall–Kier alpha value is -3.36. The average molecular weight is 498 g/mol. The van der Waals surface area contributed by atoms with Gasteiger partial charge >= 0.3 is 5.97 Å². The monoisotopic (exact) mass is 497 g/mol. The maximum absolute atomic E-state index is 12.9. The number of benzene rings is 2. The van der Waals surface area contributed by atoms with Gasteiger partial charge in [-0.25, -0.2) is 0 Å². The maximum atomic E-state index is 12.9. The van der Waals surface area contributed by atoms with Gasteiger partial charge in [0.15, 0.2) is 11.5 Å². The minimum atomic E-state index is -0.665. The van der Waals surface area contributed by atoms with E-state index in [9.17, 15) is 14.7 Å². The van der Waals surface area contributed by atoms with Gasteiger partial charge in [-0.15, -0.1) is 0 Å². The van der Waals surface area contributed by atoms with Crippen LogP contribution in [0.3, 0.4) is 0 Å². The van der Waals surface area contributed by atoms with Crippen LogP contribution in [0.25, 0.3) is 21.9 Å². The summed E-state index contributed by atoms with van der Waals surface area (Å²) in [4.78, 5) is 25.3. The molecule has 0 saturated carbocycles. The number of ether oxygens (including phenoxy) is 4. The lowest BCUT2D eigenvalue weighted by atomic mass is 9.90. The van der Waals surface area contributed by atoms with Crippen molar-refractivity contribution in [2.45, 2.75) is 47.5 Å². The second kappa shape index (κ2) is 11.6. The Labute approximate surface area is 211 Å². The quantitative estimate of drug-likeness (QED) is 0.417. The number of aliphatic hydroxyl groups excluding tert-OH is 1. The molecule has 0 aliphatic heterocycles. The van der Waals surface area contributed by atoms with Crippen LogP contribution in [0.4, 0.5) is 0 Å². The van der Waals surface area contributed by atoms with Crippen molar-refractivity contribution < 1.29 is 28.8 Å². The van der Waals surface area contributed by atoms with Gasteiger partial charge in [-0.05, 0) is 85.0 Å². The van der Waals surface area contributed by atoms with Crippen molar-refractivity contribution in [1.82, 2.24) is 4.57 Å². The highest BCUT2D eigenvalue weighted by Crippen LogP contribution is 2.40. The molecule has 8 heteroatoms. The number of rotatable bonds is 10. The zero-order chi connectivity index (χ0) is 26.5. The molecule has 1 aromatic heterocycles. The predicted molar refractivity (Wildman–Crippen MR) is 138 cm³/mol. The van der Waals surface area contributed by atoms with E-state index in [1.165, 1.54) is 6.07 Å². The van der Waals surface area contributed by atoms with Crippen LogP contribution in [-0.4, -0.2) is 43.1 Å². The average Bonchev–Trinajstić information content (AvgIpc) is 2.84. The zero-order valence-electron chi connectivity index (χ0n) is 21.8. The Morgan fingerprint density at radius 1 is 1.08 bits per heavy atom. The summed E-state index contributed by atoms with van der Waals surface area (Å²) in [6.07, 6.45) is 1.71. The fourth-order valence-corrected chi connectivity index (χ4v) is 3.97. The molecule has 36 heavy (non-hydrogen) atoms. The highest BCUT2D eigenvalue weighted by atomic mass is 16.5. The SMILES string of the molecule is CCOc1cc2cc(COC(=O)C(C)(C)C)c(CO)c(-c3ccn(CCOC)c(=O)c3)c2cc1OC. The number of methoxy groups -OCH3 is 2. The maximum Gasteiger partial charge on any atom is 0.311 e. The van der Waals surface area contributed by atoms with Crippen LogP contribution in [0.15, 0.2) is 41.3 Å². The molecular formula is C28H35NO7. The summed E-state index contributed by atoms with van der Waals surface area (Å²) < 4.78 is 23.6. The lowest BCUT2D eigenvalue weighted by Crippen LogP contribution is -2.23. The molecule has 0 aliphatic carbocycles. The molecule has 0 radical (unpaired) electrons. The second-order valence-electron chi connectivity index (χ2n) is 9.47. The molecule has 0 unspecified atom stereocenters. The fourth-order valence-electron chi connectivity index (χ4n) is 3.97. The van der Waals surface area contributed by atoms with Crippen molar-refractivity contribution in [2.24, 2.45) is 5.41 Å². The first kappa shape index (κ1) is 27.2. The molecule has 0 amide bonds. The third-order valence-corrected chi connectivity index (χ3v) is 5.87. The number of nitrogens with zero attached hydrogens (tertiary/aromatic N) is 1. The third-order valence-electron chi connectivity index (χ3n) is 5.87. The molecule has 3 aromatic rings. The highest BCUT2D eigenvalue weighted by molar-refractivity contribution is 6.01. The molecule has 0 aliphatic rings. The summed E-state index contributed by atoms with van der Waals surface area (Å²) in [5.74, 6) is 0.760. The van der Waals surface area contributed by atoms with Gasteiger partial charge in [0.05, 0.1) is 32.3 Å². The summed E-state index contributed by atoms with van der Waals surface area (Å²) in [5.41, 5.74) is 1.68. The molecular weight excluding hydrogens is 462 g/mol. The van der Waals surface area contributed by atoms with Gasteiger partial charge in [0.2, 0.25) is 0 Å². The molecule has 194 valence electrons. The third kappa shape index (κ3) is 5.88. The largest absolute Gasteiger partial charge is 0.493 e. The first-order chi connectivity index (χ1) is 17.1. The zero-order valence-corrected chi connectivity index (χ0v) is 21.8. The smallest absolute Gasteiger partial charge is 0.311 e. The van der Waals surface area contributed by atoms with Crippen molar-refractivity contribution in [2.75, 3.05) is 27.4 Å². The van der Waals surface area contributed by atoms with E-state index in [1.807, 2.05) is 31.2 Å². The Morgan fingerprint density at radius 3 is 2.42 bits per heavy atom. The van der Waals surface area contributed by atoms with Gasteiger partial charge in [-0.3, -0.25) is 9.59 Å². The fraction of sp³-hybridized carbons (Fsp3) is 0.429. The van der Waals surface area contributed by atoms with E-state index in [4.69, 9.17) is 18.9 Å². The van der Waals surface area contributed by atoms with Crippen molar-refractivity contribution in [3.05, 3.63) is 58.0 Å².